The molecule has 8 nitrogen and oxygen atoms in total. The number of halogens is 2. The smallest absolute Gasteiger partial charge is 0.320 e. The summed E-state index contributed by atoms with van der Waals surface area (Å²) in [6.07, 6.45) is 0. The van der Waals surface area contributed by atoms with Crippen molar-refractivity contribution in [1.29, 1.82) is 0 Å². The molecule has 1 aromatic rings. The van der Waals surface area contributed by atoms with E-state index in [-0.39, 0.29) is 0 Å². The number of primary amides is 1. The van der Waals surface area contributed by atoms with Gasteiger partial charge < -0.3 is 20.5 Å². The molecule has 0 aromatic heterocycles. The summed E-state index contributed by atoms with van der Waals surface area (Å²) in [5.41, 5.74) is 4.69. The maximum Gasteiger partial charge on any atom is 0.320 e. The van der Waals surface area contributed by atoms with Crippen LogP contribution in [0.25, 0.3) is 0 Å². The Morgan fingerprint density at radius 3 is 2.04 bits per heavy atom. The first kappa shape index (κ1) is 21.0. The van der Waals surface area contributed by atoms with Gasteiger partial charge in [-0.15, -0.1) is 0 Å². The van der Waals surface area contributed by atoms with Gasteiger partial charge in [-0.2, -0.15) is 0 Å². The number of carbonyl (C=O) groups excluding carboxylic acids is 4. The monoisotopic (exact) mass is 372 g/mol. The lowest BCUT2D eigenvalue weighted by Crippen LogP contribution is -2.53. The normalized spacial score (nSPS) is 12.8. The molecule has 2 amide bonds. The van der Waals surface area contributed by atoms with Gasteiger partial charge in [-0.1, -0.05) is 6.92 Å². The molecule has 0 saturated heterocycles. The summed E-state index contributed by atoms with van der Waals surface area (Å²) in [6, 6.07) is 0.687. The fraction of sp³-hybridized carbons (Fsp3) is 0.375. The predicted molar refractivity (Wildman–Crippen MR) is 83.5 cm³/mol. The van der Waals surface area contributed by atoms with Crippen LogP contribution in [0.4, 0.5) is 8.78 Å². The summed E-state index contributed by atoms with van der Waals surface area (Å²) in [5.74, 6) is -8.93. The van der Waals surface area contributed by atoms with Crippen molar-refractivity contribution in [2.75, 3.05) is 14.2 Å². The second kappa shape index (κ2) is 8.88. The Morgan fingerprint density at radius 1 is 1.08 bits per heavy atom. The van der Waals surface area contributed by atoms with Crippen molar-refractivity contribution < 1.29 is 37.4 Å². The van der Waals surface area contributed by atoms with Crippen molar-refractivity contribution in [2.24, 2.45) is 17.6 Å². The standard InChI is InChI=1S/C16H18F2N2O6/c1-7(11(15(23)25-2)16(24)26-3)12(13(19)21)20-14(22)9-5-4-8(17)6-10(9)18/h4-7,11-12H,1-3H3,(H2,19,21)(H,20,22)/t7-,12-/m1/s1. The zero-order chi connectivity index (χ0) is 20.0. The van der Waals surface area contributed by atoms with E-state index in [4.69, 9.17) is 5.73 Å². The Labute approximate surface area is 147 Å². The number of amides is 2. The summed E-state index contributed by atoms with van der Waals surface area (Å²) in [5, 5.41) is 2.14. The first-order valence-corrected chi connectivity index (χ1v) is 7.34. The largest absolute Gasteiger partial charge is 0.468 e. The molecule has 0 aliphatic rings. The first-order chi connectivity index (χ1) is 12.1. The maximum absolute atomic E-state index is 13.7. The average molecular weight is 372 g/mol. The molecule has 0 fully saturated rings. The Balaban J connectivity index is 3.13. The fourth-order valence-electron chi connectivity index (χ4n) is 2.33. The van der Waals surface area contributed by atoms with Gasteiger partial charge in [0.1, 0.15) is 17.7 Å². The van der Waals surface area contributed by atoms with Gasteiger partial charge in [-0.05, 0) is 12.1 Å². The van der Waals surface area contributed by atoms with E-state index in [1.165, 1.54) is 6.92 Å². The van der Waals surface area contributed by atoms with Crippen molar-refractivity contribution in [3.63, 3.8) is 0 Å². The van der Waals surface area contributed by atoms with Crippen LogP contribution in [0, 0.1) is 23.5 Å². The topological polar surface area (TPSA) is 125 Å². The number of nitrogens with one attached hydrogen (secondary N) is 1. The fourth-order valence-corrected chi connectivity index (χ4v) is 2.33. The number of hydrogen-bond donors (Lipinski definition) is 2. The van der Waals surface area contributed by atoms with Crippen molar-refractivity contribution >= 4 is 23.8 Å². The van der Waals surface area contributed by atoms with Gasteiger partial charge in [0.25, 0.3) is 5.91 Å². The van der Waals surface area contributed by atoms with Crippen LogP contribution in [0.3, 0.4) is 0 Å². The predicted octanol–water partition coefficient (Wildman–Crippen LogP) is 0.147. The van der Waals surface area contributed by atoms with Crippen molar-refractivity contribution in [3.05, 3.63) is 35.4 Å². The summed E-state index contributed by atoms with van der Waals surface area (Å²) >= 11 is 0. The molecular weight excluding hydrogens is 354 g/mol. The third-order valence-electron chi connectivity index (χ3n) is 3.73. The molecule has 3 N–H and O–H groups in total. The summed E-state index contributed by atoms with van der Waals surface area (Å²) in [7, 11) is 2.05. The third kappa shape index (κ3) is 4.74. The van der Waals surface area contributed by atoms with Crippen molar-refractivity contribution in [1.82, 2.24) is 5.32 Å². The zero-order valence-electron chi connectivity index (χ0n) is 14.2. The summed E-state index contributed by atoms with van der Waals surface area (Å²) in [4.78, 5) is 47.6. The second-order valence-corrected chi connectivity index (χ2v) is 5.36. The van der Waals surface area contributed by atoms with Crippen LogP contribution in [-0.2, 0) is 23.9 Å². The highest BCUT2D eigenvalue weighted by Gasteiger charge is 2.41. The second-order valence-electron chi connectivity index (χ2n) is 5.36. The Hall–Kier alpha value is -3.04. The Bertz CT molecular complexity index is 709. The highest BCUT2D eigenvalue weighted by atomic mass is 19.1. The molecule has 26 heavy (non-hydrogen) atoms. The number of rotatable bonds is 7. The number of nitrogens with two attached hydrogens (primary N) is 1. The molecule has 0 bridgehead atoms. The lowest BCUT2D eigenvalue weighted by atomic mass is 9.86. The van der Waals surface area contributed by atoms with Crippen LogP contribution in [0.5, 0.6) is 0 Å². The zero-order valence-corrected chi connectivity index (χ0v) is 14.2. The highest BCUT2D eigenvalue weighted by Crippen LogP contribution is 2.20. The molecule has 0 radical (unpaired) electrons. The summed E-state index contributed by atoms with van der Waals surface area (Å²) in [6.45, 7) is 1.29. The van der Waals surface area contributed by atoms with Crippen LogP contribution in [0.2, 0.25) is 0 Å². The maximum atomic E-state index is 13.7. The number of benzene rings is 1. The van der Waals surface area contributed by atoms with E-state index in [1.54, 1.807) is 0 Å². The average Bonchev–Trinajstić information content (AvgIpc) is 2.58. The first-order valence-electron chi connectivity index (χ1n) is 7.34. The molecule has 0 unspecified atom stereocenters. The van der Waals surface area contributed by atoms with Crippen LogP contribution in [-0.4, -0.2) is 44.0 Å². The number of methoxy groups -OCH3 is 2. The minimum Gasteiger partial charge on any atom is -0.468 e. The molecule has 1 rings (SSSR count). The minimum atomic E-state index is -1.55. The van der Waals surface area contributed by atoms with E-state index in [2.05, 4.69) is 14.8 Å². The number of ether oxygens (including phenoxy) is 2. The van der Waals surface area contributed by atoms with Gasteiger partial charge in [0, 0.05) is 12.0 Å². The van der Waals surface area contributed by atoms with Gasteiger partial charge in [-0.3, -0.25) is 19.2 Å². The SMILES string of the molecule is COC(=O)C(C(=O)OC)[C@@H](C)[C@@H](NC(=O)c1ccc(F)cc1F)C(N)=O. The van der Waals surface area contributed by atoms with Crippen LogP contribution >= 0.6 is 0 Å². The quantitative estimate of drug-likeness (QED) is 0.518. The van der Waals surface area contributed by atoms with Crippen molar-refractivity contribution in [2.45, 2.75) is 13.0 Å². The third-order valence-corrected chi connectivity index (χ3v) is 3.73. The Kier molecular flexibility index (Phi) is 7.17. The highest BCUT2D eigenvalue weighted by molar-refractivity contribution is 5.99. The van der Waals surface area contributed by atoms with Gasteiger partial charge in [0.15, 0.2) is 5.92 Å². The number of hydrogen-bond acceptors (Lipinski definition) is 6. The molecule has 0 aliphatic carbocycles. The molecule has 142 valence electrons. The van der Waals surface area contributed by atoms with Crippen LogP contribution in [0.1, 0.15) is 17.3 Å². The lowest BCUT2D eigenvalue weighted by molar-refractivity contribution is -0.161. The molecule has 10 heteroatoms. The van der Waals surface area contributed by atoms with Gasteiger partial charge in [-0.25, -0.2) is 8.78 Å². The molecular formula is C16H18F2N2O6. The van der Waals surface area contributed by atoms with E-state index in [0.29, 0.717) is 6.07 Å². The van der Waals surface area contributed by atoms with Gasteiger partial charge in [0.2, 0.25) is 5.91 Å². The number of esters is 2. The van der Waals surface area contributed by atoms with Crippen LogP contribution < -0.4 is 11.1 Å². The van der Waals surface area contributed by atoms with Gasteiger partial charge in [0.05, 0.1) is 19.8 Å². The van der Waals surface area contributed by atoms with Crippen molar-refractivity contribution in [3.8, 4) is 0 Å². The van der Waals surface area contributed by atoms with Crippen LogP contribution in [0.15, 0.2) is 18.2 Å². The number of carbonyl (C=O) groups is 4. The van der Waals surface area contributed by atoms with E-state index < -0.39 is 58.8 Å². The molecule has 0 spiro atoms. The summed E-state index contributed by atoms with van der Waals surface area (Å²) < 4.78 is 35.7. The molecule has 0 aliphatic heterocycles. The lowest BCUT2D eigenvalue weighted by Gasteiger charge is -2.26. The molecule has 0 saturated carbocycles. The van der Waals surface area contributed by atoms with E-state index in [9.17, 15) is 28.0 Å². The van der Waals surface area contributed by atoms with E-state index >= 15 is 0 Å². The molecule has 0 heterocycles. The molecule has 2 atom stereocenters. The van der Waals surface area contributed by atoms with Gasteiger partial charge >= 0.3 is 11.9 Å². The minimum absolute atomic E-state index is 0.489. The van der Waals surface area contributed by atoms with E-state index in [0.717, 1.165) is 26.4 Å². The Morgan fingerprint density at radius 2 is 1.62 bits per heavy atom. The van der Waals surface area contributed by atoms with E-state index in [1.807, 2.05) is 0 Å². The molecule has 1 aromatic carbocycles.